The van der Waals surface area contributed by atoms with Gasteiger partial charge in [0.1, 0.15) is 0 Å². The highest BCUT2D eigenvalue weighted by atomic mass is 35.5. The molecule has 1 aromatic rings. The molecule has 0 radical (unpaired) electrons. The third-order valence-corrected chi connectivity index (χ3v) is 2.83. The summed E-state index contributed by atoms with van der Waals surface area (Å²) >= 11 is 12.0. The van der Waals surface area contributed by atoms with Crippen molar-refractivity contribution in [3.63, 3.8) is 0 Å². The van der Waals surface area contributed by atoms with Crippen LogP contribution >= 0.6 is 35.6 Å². The third kappa shape index (κ3) is 2.10. The molecule has 1 saturated heterocycles. The monoisotopic (exact) mass is 237 g/mol. The highest BCUT2D eigenvalue weighted by molar-refractivity contribution is 6.36. The Kier molecular flexibility index (Phi) is 3.87. The molecule has 1 aliphatic heterocycles. The first-order valence-electron chi connectivity index (χ1n) is 3.96. The largest absolute Gasteiger partial charge is 0.310 e. The summed E-state index contributed by atoms with van der Waals surface area (Å²) < 4.78 is 0. The van der Waals surface area contributed by atoms with Gasteiger partial charge in [0.05, 0.1) is 0 Å². The maximum atomic E-state index is 6.01. The van der Waals surface area contributed by atoms with Crippen molar-refractivity contribution >= 4 is 35.6 Å². The van der Waals surface area contributed by atoms with Gasteiger partial charge in [-0.1, -0.05) is 29.3 Å². The molecule has 0 amide bonds. The molecule has 0 aliphatic carbocycles. The lowest BCUT2D eigenvalue weighted by atomic mass is 9.98. The standard InChI is InChI=1S/C9H9Cl2N.ClH/c10-6-2-1-3-7(11)9(6)8-4-5-12-8;/h1-3,8,12H,4-5H2;1H/t8-;/m1./s1. The summed E-state index contributed by atoms with van der Waals surface area (Å²) in [4.78, 5) is 0. The van der Waals surface area contributed by atoms with Crippen LogP contribution in [0.2, 0.25) is 10.0 Å². The predicted molar refractivity (Wildman–Crippen MR) is 59.1 cm³/mol. The topological polar surface area (TPSA) is 12.0 Å². The second-order valence-corrected chi connectivity index (χ2v) is 3.75. The van der Waals surface area contributed by atoms with Crippen LogP contribution in [0.1, 0.15) is 18.0 Å². The Morgan fingerprint density at radius 1 is 1.23 bits per heavy atom. The van der Waals surface area contributed by atoms with E-state index in [1.807, 2.05) is 18.2 Å². The van der Waals surface area contributed by atoms with Crippen molar-refractivity contribution in [2.24, 2.45) is 0 Å². The fourth-order valence-electron chi connectivity index (χ4n) is 1.38. The van der Waals surface area contributed by atoms with Gasteiger partial charge in [0.15, 0.2) is 0 Å². The van der Waals surface area contributed by atoms with E-state index in [0.29, 0.717) is 6.04 Å². The number of hydrogen-bond acceptors (Lipinski definition) is 1. The van der Waals surface area contributed by atoms with E-state index in [-0.39, 0.29) is 12.4 Å². The minimum atomic E-state index is 0. The van der Waals surface area contributed by atoms with Crippen LogP contribution in [0, 0.1) is 0 Å². The van der Waals surface area contributed by atoms with E-state index in [2.05, 4.69) is 5.32 Å². The van der Waals surface area contributed by atoms with E-state index in [9.17, 15) is 0 Å². The van der Waals surface area contributed by atoms with Crippen molar-refractivity contribution in [1.29, 1.82) is 0 Å². The summed E-state index contributed by atoms with van der Waals surface area (Å²) in [6.45, 7) is 1.06. The fraction of sp³-hybridized carbons (Fsp3) is 0.333. The molecule has 0 aromatic heterocycles. The first-order chi connectivity index (χ1) is 5.79. The molecule has 1 fully saturated rings. The van der Waals surface area contributed by atoms with Crippen LogP contribution in [-0.4, -0.2) is 6.54 Å². The molecule has 0 spiro atoms. The molecule has 4 heteroatoms. The molecule has 1 heterocycles. The summed E-state index contributed by atoms with van der Waals surface area (Å²) in [6.07, 6.45) is 1.13. The number of nitrogens with one attached hydrogen (secondary N) is 1. The Bertz CT molecular complexity index is 277. The molecule has 1 aliphatic rings. The van der Waals surface area contributed by atoms with Crippen LogP contribution in [-0.2, 0) is 0 Å². The molecule has 1 atom stereocenters. The summed E-state index contributed by atoms with van der Waals surface area (Å²) in [5, 5.41) is 4.80. The Morgan fingerprint density at radius 2 is 1.77 bits per heavy atom. The number of hydrogen-bond donors (Lipinski definition) is 1. The van der Waals surface area contributed by atoms with Gasteiger partial charge in [-0.25, -0.2) is 0 Å². The van der Waals surface area contributed by atoms with Gasteiger partial charge in [0.25, 0.3) is 0 Å². The van der Waals surface area contributed by atoms with Gasteiger partial charge in [-0.3, -0.25) is 0 Å². The van der Waals surface area contributed by atoms with Crippen molar-refractivity contribution in [3.05, 3.63) is 33.8 Å². The third-order valence-electron chi connectivity index (χ3n) is 2.17. The van der Waals surface area contributed by atoms with Gasteiger partial charge < -0.3 is 5.32 Å². The lowest BCUT2D eigenvalue weighted by Gasteiger charge is -2.29. The molecule has 1 nitrogen and oxygen atoms in total. The average Bonchev–Trinajstić information content (AvgIpc) is 1.93. The zero-order valence-electron chi connectivity index (χ0n) is 6.89. The first kappa shape index (κ1) is 11.1. The summed E-state index contributed by atoms with van der Waals surface area (Å²) in [7, 11) is 0. The lowest BCUT2D eigenvalue weighted by Crippen LogP contribution is -2.35. The number of halogens is 3. The van der Waals surface area contributed by atoms with Crippen molar-refractivity contribution in [2.45, 2.75) is 12.5 Å². The van der Waals surface area contributed by atoms with E-state index in [4.69, 9.17) is 23.2 Å². The average molecular weight is 239 g/mol. The Morgan fingerprint density at radius 3 is 2.15 bits per heavy atom. The second-order valence-electron chi connectivity index (χ2n) is 2.93. The van der Waals surface area contributed by atoms with Crippen molar-refractivity contribution < 1.29 is 0 Å². The van der Waals surface area contributed by atoms with Gasteiger partial charge in [0.2, 0.25) is 0 Å². The predicted octanol–water partition coefficient (Wildman–Crippen LogP) is 3.45. The van der Waals surface area contributed by atoms with Gasteiger partial charge in [-0.2, -0.15) is 0 Å². The van der Waals surface area contributed by atoms with Crippen LogP contribution in [0.25, 0.3) is 0 Å². The van der Waals surface area contributed by atoms with E-state index in [1.165, 1.54) is 0 Å². The molecular formula is C9H10Cl3N. The zero-order chi connectivity index (χ0) is 8.55. The van der Waals surface area contributed by atoms with E-state index in [0.717, 1.165) is 28.6 Å². The van der Waals surface area contributed by atoms with E-state index in [1.54, 1.807) is 0 Å². The SMILES string of the molecule is Cl.Clc1cccc(Cl)c1[C@H]1CCN1. The highest BCUT2D eigenvalue weighted by Crippen LogP contribution is 2.34. The minimum absolute atomic E-state index is 0. The number of rotatable bonds is 1. The number of benzene rings is 1. The Labute approximate surface area is 93.8 Å². The molecule has 1 aromatic carbocycles. The van der Waals surface area contributed by atoms with Crippen LogP contribution in [0.15, 0.2) is 18.2 Å². The Hall–Kier alpha value is 0.0500. The minimum Gasteiger partial charge on any atom is -0.310 e. The first-order valence-corrected chi connectivity index (χ1v) is 4.72. The van der Waals surface area contributed by atoms with Crippen LogP contribution in [0.3, 0.4) is 0 Å². The van der Waals surface area contributed by atoms with Gasteiger partial charge in [-0.05, 0) is 25.1 Å². The van der Waals surface area contributed by atoms with Crippen LogP contribution in [0.4, 0.5) is 0 Å². The van der Waals surface area contributed by atoms with Crippen molar-refractivity contribution in [3.8, 4) is 0 Å². The fourth-order valence-corrected chi connectivity index (χ4v) is 2.04. The maximum Gasteiger partial charge on any atom is 0.0468 e. The summed E-state index contributed by atoms with van der Waals surface area (Å²) in [5.74, 6) is 0. The zero-order valence-corrected chi connectivity index (χ0v) is 9.22. The van der Waals surface area contributed by atoms with Gasteiger partial charge in [0, 0.05) is 21.7 Å². The summed E-state index contributed by atoms with van der Waals surface area (Å²) in [5.41, 5.74) is 1.05. The molecule has 0 bridgehead atoms. The normalized spacial score (nSPS) is 20.3. The maximum absolute atomic E-state index is 6.01. The van der Waals surface area contributed by atoms with Crippen molar-refractivity contribution in [2.75, 3.05) is 6.54 Å². The van der Waals surface area contributed by atoms with E-state index >= 15 is 0 Å². The molecule has 0 saturated carbocycles. The molecule has 1 N–H and O–H groups in total. The quantitative estimate of drug-likeness (QED) is 0.790. The van der Waals surface area contributed by atoms with Crippen molar-refractivity contribution in [1.82, 2.24) is 5.32 Å². The second kappa shape index (κ2) is 4.52. The summed E-state index contributed by atoms with van der Waals surface area (Å²) in [6, 6.07) is 5.99. The van der Waals surface area contributed by atoms with Gasteiger partial charge in [-0.15, -0.1) is 12.4 Å². The molecule has 2 rings (SSSR count). The molecule has 13 heavy (non-hydrogen) atoms. The Balaban J connectivity index is 0.000000845. The lowest BCUT2D eigenvalue weighted by molar-refractivity contribution is 0.383. The molecule has 0 unspecified atom stereocenters. The molecular weight excluding hydrogens is 228 g/mol. The molecule has 72 valence electrons. The van der Waals surface area contributed by atoms with Crippen LogP contribution < -0.4 is 5.32 Å². The van der Waals surface area contributed by atoms with Crippen LogP contribution in [0.5, 0.6) is 0 Å². The highest BCUT2D eigenvalue weighted by Gasteiger charge is 2.22. The smallest absolute Gasteiger partial charge is 0.0468 e. The van der Waals surface area contributed by atoms with Gasteiger partial charge >= 0.3 is 0 Å². The van der Waals surface area contributed by atoms with E-state index < -0.39 is 0 Å².